The Labute approximate surface area is 108 Å². The molecule has 18 heavy (non-hydrogen) atoms. The number of aryl methyl sites for hydroxylation is 1. The third kappa shape index (κ3) is 3.22. The molecule has 0 aliphatic rings. The van der Waals surface area contributed by atoms with Gasteiger partial charge in [0, 0.05) is 25.5 Å². The van der Waals surface area contributed by atoms with Crippen LogP contribution >= 0.6 is 0 Å². The van der Waals surface area contributed by atoms with Gasteiger partial charge in [-0.1, -0.05) is 30.3 Å². The quantitative estimate of drug-likeness (QED) is 0.818. The zero-order valence-electron chi connectivity index (χ0n) is 10.7. The molecule has 0 bridgehead atoms. The minimum absolute atomic E-state index is 0.00354. The molecular formula is C15H20N2O. The van der Waals surface area contributed by atoms with Crippen LogP contribution in [0.1, 0.15) is 24.1 Å². The minimum atomic E-state index is -0.00354. The van der Waals surface area contributed by atoms with E-state index in [1.54, 1.807) is 0 Å². The van der Waals surface area contributed by atoms with E-state index in [0.717, 1.165) is 18.7 Å². The second kappa shape index (κ2) is 6.38. The molecule has 0 unspecified atom stereocenters. The van der Waals surface area contributed by atoms with E-state index in [1.165, 1.54) is 5.56 Å². The fraction of sp³-hybridized carbons (Fsp3) is 0.333. The van der Waals surface area contributed by atoms with Crippen molar-refractivity contribution in [1.82, 2.24) is 9.88 Å². The largest absolute Gasteiger partial charge is 0.394 e. The summed E-state index contributed by atoms with van der Waals surface area (Å²) in [5.41, 5.74) is 2.36. The molecule has 1 aromatic heterocycles. The predicted octanol–water partition coefficient (Wildman–Crippen LogP) is 2.33. The SMILES string of the molecule is CCn1ccc(CN[C@H](CO)c2ccccc2)c1. The number of hydrogen-bond donors (Lipinski definition) is 2. The molecule has 0 radical (unpaired) electrons. The van der Waals surface area contributed by atoms with E-state index in [1.807, 2.05) is 30.3 Å². The Morgan fingerprint density at radius 1 is 1.22 bits per heavy atom. The van der Waals surface area contributed by atoms with Crippen LogP contribution in [0.15, 0.2) is 48.8 Å². The maximum absolute atomic E-state index is 9.44. The van der Waals surface area contributed by atoms with Crippen LogP contribution in [-0.2, 0) is 13.1 Å². The summed E-state index contributed by atoms with van der Waals surface area (Å²) in [5, 5.41) is 12.8. The van der Waals surface area contributed by atoms with Crippen molar-refractivity contribution >= 4 is 0 Å². The molecule has 0 saturated carbocycles. The highest BCUT2D eigenvalue weighted by Crippen LogP contribution is 2.12. The predicted molar refractivity (Wildman–Crippen MR) is 73.2 cm³/mol. The first-order chi connectivity index (χ1) is 8.83. The maximum Gasteiger partial charge on any atom is 0.0626 e. The number of hydrogen-bond acceptors (Lipinski definition) is 2. The van der Waals surface area contributed by atoms with Crippen molar-refractivity contribution in [2.45, 2.75) is 26.1 Å². The molecule has 3 nitrogen and oxygen atoms in total. The highest BCUT2D eigenvalue weighted by Gasteiger charge is 2.09. The summed E-state index contributed by atoms with van der Waals surface area (Å²) >= 11 is 0. The van der Waals surface area contributed by atoms with Crippen molar-refractivity contribution in [1.29, 1.82) is 0 Å². The third-order valence-corrected chi connectivity index (χ3v) is 3.11. The van der Waals surface area contributed by atoms with Gasteiger partial charge >= 0.3 is 0 Å². The van der Waals surface area contributed by atoms with E-state index < -0.39 is 0 Å². The molecule has 0 aliphatic carbocycles. The molecule has 2 N–H and O–H groups in total. The summed E-state index contributed by atoms with van der Waals surface area (Å²) < 4.78 is 2.15. The number of aliphatic hydroxyl groups is 1. The number of rotatable bonds is 6. The lowest BCUT2D eigenvalue weighted by molar-refractivity contribution is 0.243. The molecule has 0 amide bonds. The second-order valence-corrected chi connectivity index (χ2v) is 4.38. The fourth-order valence-corrected chi connectivity index (χ4v) is 2.01. The highest BCUT2D eigenvalue weighted by molar-refractivity contribution is 5.19. The average molecular weight is 244 g/mol. The molecule has 96 valence electrons. The fourth-order valence-electron chi connectivity index (χ4n) is 2.01. The van der Waals surface area contributed by atoms with Crippen LogP contribution in [0.25, 0.3) is 0 Å². The molecule has 0 spiro atoms. The summed E-state index contributed by atoms with van der Waals surface area (Å²) in [7, 11) is 0. The van der Waals surface area contributed by atoms with E-state index in [0.29, 0.717) is 0 Å². The van der Waals surface area contributed by atoms with Crippen LogP contribution in [-0.4, -0.2) is 16.3 Å². The number of aromatic nitrogens is 1. The Kier molecular flexibility index (Phi) is 4.56. The van der Waals surface area contributed by atoms with Gasteiger partial charge in [0.15, 0.2) is 0 Å². The van der Waals surface area contributed by atoms with Gasteiger partial charge in [0.25, 0.3) is 0 Å². The summed E-state index contributed by atoms with van der Waals surface area (Å²) in [6.07, 6.45) is 4.21. The van der Waals surface area contributed by atoms with Crippen LogP contribution < -0.4 is 5.32 Å². The maximum atomic E-state index is 9.44. The zero-order valence-corrected chi connectivity index (χ0v) is 10.7. The van der Waals surface area contributed by atoms with Crippen molar-refractivity contribution in [3.8, 4) is 0 Å². The lowest BCUT2D eigenvalue weighted by atomic mass is 10.1. The Morgan fingerprint density at radius 2 is 2.00 bits per heavy atom. The van der Waals surface area contributed by atoms with Gasteiger partial charge in [-0.15, -0.1) is 0 Å². The normalized spacial score (nSPS) is 12.6. The number of benzene rings is 1. The topological polar surface area (TPSA) is 37.2 Å². The van der Waals surface area contributed by atoms with Crippen LogP contribution in [0.4, 0.5) is 0 Å². The van der Waals surface area contributed by atoms with Gasteiger partial charge in [0.2, 0.25) is 0 Å². The van der Waals surface area contributed by atoms with E-state index in [4.69, 9.17) is 0 Å². The molecule has 0 aliphatic heterocycles. The van der Waals surface area contributed by atoms with Gasteiger partial charge < -0.3 is 15.0 Å². The Hall–Kier alpha value is -1.58. The van der Waals surface area contributed by atoms with Gasteiger partial charge in [-0.3, -0.25) is 0 Å². The van der Waals surface area contributed by atoms with E-state index >= 15 is 0 Å². The average Bonchev–Trinajstić information content (AvgIpc) is 2.89. The lowest BCUT2D eigenvalue weighted by Crippen LogP contribution is -2.23. The standard InChI is InChI=1S/C15H20N2O/c1-2-17-9-8-13(11-17)10-16-15(12-18)14-6-4-3-5-7-14/h3-9,11,15-16,18H,2,10,12H2,1H3/t15-/m1/s1. The van der Waals surface area contributed by atoms with Gasteiger partial charge in [-0.2, -0.15) is 0 Å². The first kappa shape index (κ1) is 12.9. The van der Waals surface area contributed by atoms with Crippen molar-refractivity contribution in [3.63, 3.8) is 0 Å². The van der Waals surface area contributed by atoms with E-state index in [9.17, 15) is 5.11 Å². The smallest absolute Gasteiger partial charge is 0.0626 e. The molecule has 2 rings (SSSR count). The zero-order chi connectivity index (χ0) is 12.8. The molecule has 1 heterocycles. The third-order valence-electron chi connectivity index (χ3n) is 3.11. The molecular weight excluding hydrogens is 224 g/mol. The van der Waals surface area contributed by atoms with Crippen molar-refractivity contribution < 1.29 is 5.11 Å². The molecule has 3 heteroatoms. The van der Waals surface area contributed by atoms with E-state index in [-0.39, 0.29) is 12.6 Å². The minimum Gasteiger partial charge on any atom is -0.394 e. The van der Waals surface area contributed by atoms with Crippen molar-refractivity contribution in [3.05, 3.63) is 59.9 Å². The van der Waals surface area contributed by atoms with Crippen LogP contribution in [0.3, 0.4) is 0 Å². The molecule has 1 aromatic carbocycles. The summed E-state index contributed by atoms with van der Waals surface area (Å²) in [6, 6.07) is 12.1. The molecule has 1 atom stereocenters. The van der Waals surface area contributed by atoms with Gasteiger partial charge in [0.1, 0.15) is 0 Å². The summed E-state index contributed by atoms with van der Waals surface area (Å²) in [5.74, 6) is 0. The first-order valence-corrected chi connectivity index (χ1v) is 6.37. The highest BCUT2D eigenvalue weighted by atomic mass is 16.3. The summed E-state index contributed by atoms with van der Waals surface area (Å²) in [4.78, 5) is 0. The molecule has 0 fully saturated rings. The van der Waals surface area contributed by atoms with Crippen molar-refractivity contribution in [2.75, 3.05) is 6.61 Å². The summed E-state index contributed by atoms with van der Waals surface area (Å²) in [6.45, 7) is 3.99. The van der Waals surface area contributed by atoms with Crippen LogP contribution in [0, 0.1) is 0 Å². The lowest BCUT2D eigenvalue weighted by Gasteiger charge is -2.16. The van der Waals surface area contributed by atoms with Crippen LogP contribution in [0.2, 0.25) is 0 Å². The molecule has 0 saturated heterocycles. The van der Waals surface area contributed by atoms with Crippen LogP contribution in [0.5, 0.6) is 0 Å². The van der Waals surface area contributed by atoms with Gasteiger partial charge in [-0.25, -0.2) is 0 Å². The second-order valence-electron chi connectivity index (χ2n) is 4.38. The monoisotopic (exact) mass is 244 g/mol. The Bertz CT molecular complexity index is 464. The number of nitrogens with one attached hydrogen (secondary N) is 1. The number of nitrogens with zero attached hydrogens (tertiary/aromatic N) is 1. The Balaban J connectivity index is 1.95. The first-order valence-electron chi connectivity index (χ1n) is 6.37. The van der Waals surface area contributed by atoms with Gasteiger partial charge in [0.05, 0.1) is 12.6 Å². The number of aliphatic hydroxyl groups excluding tert-OH is 1. The molecule has 2 aromatic rings. The van der Waals surface area contributed by atoms with E-state index in [2.05, 4.69) is 35.3 Å². The van der Waals surface area contributed by atoms with Crippen molar-refractivity contribution in [2.24, 2.45) is 0 Å². The Morgan fingerprint density at radius 3 is 2.61 bits per heavy atom. The van der Waals surface area contributed by atoms with Gasteiger partial charge in [-0.05, 0) is 24.1 Å².